The summed E-state index contributed by atoms with van der Waals surface area (Å²) in [6, 6.07) is -1.03. The van der Waals surface area contributed by atoms with Crippen LogP contribution < -0.4 is 5.73 Å². The van der Waals surface area contributed by atoms with Gasteiger partial charge < -0.3 is 10.8 Å². The van der Waals surface area contributed by atoms with Crippen LogP contribution in [-0.2, 0) is 9.59 Å². The van der Waals surface area contributed by atoms with Crippen LogP contribution in [0.4, 0.5) is 0 Å². The van der Waals surface area contributed by atoms with Crippen molar-refractivity contribution in [2.24, 2.45) is 5.73 Å². The molecular weight excluding hydrogens is 216 g/mol. The van der Waals surface area contributed by atoms with Gasteiger partial charge in [-0.1, -0.05) is 6.92 Å². The van der Waals surface area contributed by atoms with Gasteiger partial charge in [-0.2, -0.15) is 11.8 Å². The number of primary amides is 1. The average Bonchev–Trinajstić information content (AvgIpc) is 2.18. The monoisotopic (exact) mass is 232 g/mol. The maximum absolute atomic E-state index is 11.2. The van der Waals surface area contributed by atoms with Crippen molar-refractivity contribution in [1.29, 1.82) is 0 Å². The minimum Gasteiger partial charge on any atom is -0.480 e. The van der Waals surface area contributed by atoms with Gasteiger partial charge in [0.2, 0.25) is 5.91 Å². The lowest BCUT2D eigenvalue weighted by Gasteiger charge is -2.36. The first-order valence-electron chi connectivity index (χ1n) is 4.93. The maximum Gasteiger partial charge on any atom is 0.321 e. The van der Waals surface area contributed by atoms with Gasteiger partial charge in [-0.3, -0.25) is 14.5 Å². The summed E-state index contributed by atoms with van der Waals surface area (Å²) in [6.45, 7) is 2.46. The molecule has 6 heteroatoms. The Bertz CT molecular complexity index is 244. The molecule has 1 aliphatic heterocycles. The Balaban J connectivity index is 2.78. The second-order valence-corrected chi connectivity index (χ2v) is 4.64. The van der Waals surface area contributed by atoms with Crippen LogP contribution in [0.1, 0.15) is 13.3 Å². The number of carbonyl (C=O) groups excluding carboxylic acids is 1. The van der Waals surface area contributed by atoms with Crippen molar-refractivity contribution in [1.82, 2.24) is 4.90 Å². The third-order valence-electron chi connectivity index (χ3n) is 2.57. The van der Waals surface area contributed by atoms with E-state index >= 15 is 0 Å². The highest BCUT2D eigenvalue weighted by atomic mass is 32.2. The smallest absolute Gasteiger partial charge is 0.321 e. The second-order valence-electron chi connectivity index (χ2n) is 3.49. The highest BCUT2D eigenvalue weighted by Crippen LogP contribution is 2.20. The molecule has 3 N–H and O–H groups in total. The van der Waals surface area contributed by atoms with Gasteiger partial charge in [0.1, 0.15) is 6.04 Å². The topological polar surface area (TPSA) is 83.6 Å². The van der Waals surface area contributed by atoms with Crippen LogP contribution in [-0.4, -0.2) is 52.0 Å². The van der Waals surface area contributed by atoms with Gasteiger partial charge in [0, 0.05) is 18.1 Å². The lowest BCUT2D eigenvalue weighted by molar-refractivity contribution is -0.144. The molecule has 0 aromatic rings. The quantitative estimate of drug-likeness (QED) is 0.698. The van der Waals surface area contributed by atoms with Gasteiger partial charge >= 0.3 is 5.97 Å². The Kier molecular flexibility index (Phi) is 4.41. The average molecular weight is 232 g/mol. The fourth-order valence-electron chi connectivity index (χ4n) is 1.80. The van der Waals surface area contributed by atoms with E-state index in [1.807, 2.05) is 6.92 Å². The molecule has 1 aliphatic rings. The van der Waals surface area contributed by atoms with Crippen LogP contribution in [0.25, 0.3) is 0 Å². The first kappa shape index (κ1) is 12.3. The predicted molar refractivity (Wildman–Crippen MR) is 58.7 cm³/mol. The van der Waals surface area contributed by atoms with Gasteiger partial charge in [0.25, 0.3) is 0 Å². The van der Waals surface area contributed by atoms with Crippen molar-refractivity contribution < 1.29 is 14.7 Å². The third-order valence-corrected chi connectivity index (χ3v) is 3.59. The number of carbonyl (C=O) groups is 2. The molecule has 15 heavy (non-hydrogen) atoms. The molecule has 0 bridgehead atoms. The summed E-state index contributed by atoms with van der Waals surface area (Å²) in [5.41, 5.74) is 5.26. The van der Waals surface area contributed by atoms with Crippen LogP contribution >= 0.6 is 11.8 Å². The number of nitrogens with zero attached hydrogens (tertiary/aromatic N) is 1. The van der Waals surface area contributed by atoms with Crippen molar-refractivity contribution in [3.05, 3.63) is 0 Å². The number of aliphatic carboxylic acids is 1. The normalized spacial score (nSPS) is 24.7. The molecule has 0 radical (unpaired) electrons. The van der Waals surface area contributed by atoms with Gasteiger partial charge in [-0.15, -0.1) is 0 Å². The summed E-state index contributed by atoms with van der Waals surface area (Å²) in [5.74, 6) is 0.0738. The van der Waals surface area contributed by atoms with Crippen molar-refractivity contribution >= 4 is 23.6 Å². The fourth-order valence-corrected chi connectivity index (χ4v) is 2.87. The lowest BCUT2D eigenvalue weighted by Crippen LogP contribution is -2.56. The molecule has 2 unspecified atom stereocenters. The number of carboxylic acid groups (broad SMARTS) is 1. The molecule has 5 nitrogen and oxygen atoms in total. The van der Waals surface area contributed by atoms with E-state index in [4.69, 9.17) is 10.8 Å². The van der Waals surface area contributed by atoms with Crippen molar-refractivity contribution in [2.75, 3.05) is 18.1 Å². The third kappa shape index (κ3) is 2.85. The highest BCUT2D eigenvalue weighted by molar-refractivity contribution is 7.99. The molecule has 0 saturated carbocycles. The van der Waals surface area contributed by atoms with E-state index in [0.717, 1.165) is 5.75 Å². The fraction of sp³-hybridized carbons (Fsp3) is 0.778. The first-order chi connectivity index (χ1) is 7.07. The molecule has 1 rings (SSSR count). The number of nitrogens with two attached hydrogens (primary N) is 1. The van der Waals surface area contributed by atoms with Crippen molar-refractivity contribution in [3.8, 4) is 0 Å². The standard InChI is InChI=1S/C9H16N2O3S/c1-2-6(8(10)12)11-3-4-15-5-7(11)9(13)14/h6-7H,2-5H2,1H3,(H2,10,12)(H,13,14). The largest absolute Gasteiger partial charge is 0.480 e. The first-order valence-corrected chi connectivity index (χ1v) is 6.09. The Morgan fingerprint density at radius 1 is 1.67 bits per heavy atom. The molecule has 1 amide bonds. The molecule has 0 aromatic heterocycles. The van der Waals surface area contributed by atoms with Crippen LogP contribution in [0.15, 0.2) is 0 Å². The molecule has 0 aliphatic carbocycles. The van der Waals surface area contributed by atoms with Gasteiger partial charge in [0.15, 0.2) is 0 Å². The molecule has 1 saturated heterocycles. The SMILES string of the molecule is CCC(C(N)=O)N1CCSCC1C(=O)O. The summed E-state index contributed by atoms with van der Waals surface area (Å²) >= 11 is 1.60. The number of amides is 1. The van der Waals surface area contributed by atoms with E-state index in [9.17, 15) is 9.59 Å². The molecule has 2 atom stereocenters. The van der Waals surface area contributed by atoms with Gasteiger partial charge in [0.05, 0.1) is 6.04 Å². The summed E-state index contributed by atoms with van der Waals surface area (Å²) < 4.78 is 0. The number of thioether (sulfide) groups is 1. The van der Waals surface area contributed by atoms with E-state index < -0.39 is 24.0 Å². The Hall–Kier alpha value is -0.750. The summed E-state index contributed by atoms with van der Waals surface area (Å²) in [6.07, 6.45) is 0.559. The van der Waals surface area contributed by atoms with Gasteiger partial charge in [-0.25, -0.2) is 0 Å². The van der Waals surface area contributed by atoms with Gasteiger partial charge in [-0.05, 0) is 6.42 Å². The van der Waals surface area contributed by atoms with Crippen molar-refractivity contribution in [3.63, 3.8) is 0 Å². The van der Waals surface area contributed by atoms with E-state index in [-0.39, 0.29) is 0 Å². The zero-order chi connectivity index (χ0) is 11.4. The Morgan fingerprint density at radius 3 is 2.80 bits per heavy atom. The van der Waals surface area contributed by atoms with E-state index in [1.165, 1.54) is 0 Å². The van der Waals surface area contributed by atoms with E-state index in [2.05, 4.69) is 0 Å². The van der Waals surface area contributed by atoms with E-state index in [1.54, 1.807) is 16.7 Å². The molecule has 86 valence electrons. The molecule has 1 heterocycles. The molecule has 0 aromatic carbocycles. The minimum absolute atomic E-state index is 0.435. The number of hydrogen-bond donors (Lipinski definition) is 2. The summed E-state index contributed by atoms with van der Waals surface area (Å²) in [4.78, 5) is 23.9. The number of hydrogen-bond acceptors (Lipinski definition) is 4. The Morgan fingerprint density at radius 2 is 2.33 bits per heavy atom. The lowest BCUT2D eigenvalue weighted by atomic mass is 10.1. The zero-order valence-electron chi connectivity index (χ0n) is 8.68. The summed E-state index contributed by atoms with van der Waals surface area (Å²) in [5, 5.41) is 9.03. The Labute approximate surface area is 93.0 Å². The number of carboxylic acids is 1. The summed E-state index contributed by atoms with van der Waals surface area (Å²) in [7, 11) is 0. The second kappa shape index (κ2) is 5.37. The van der Waals surface area contributed by atoms with E-state index in [0.29, 0.717) is 18.7 Å². The zero-order valence-corrected chi connectivity index (χ0v) is 9.50. The molecular formula is C9H16N2O3S. The van der Waals surface area contributed by atoms with Crippen LogP contribution in [0.2, 0.25) is 0 Å². The van der Waals surface area contributed by atoms with Crippen molar-refractivity contribution in [2.45, 2.75) is 25.4 Å². The van der Waals surface area contributed by atoms with Crippen LogP contribution in [0, 0.1) is 0 Å². The van der Waals surface area contributed by atoms with Crippen LogP contribution in [0.5, 0.6) is 0 Å². The molecule has 0 spiro atoms. The highest BCUT2D eigenvalue weighted by Gasteiger charge is 2.35. The maximum atomic E-state index is 11.2. The number of rotatable bonds is 4. The minimum atomic E-state index is -0.873. The van der Waals surface area contributed by atoms with Crippen LogP contribution in [0.3, 0.4) is 0 Å². The predicted octanol–water partition coefficient (Wildman–Crippen LogP) is -0.248. The molecule has 1 fully saturated rings.